The first-order valence-electron chi connectivity index (χ1n) is 13.2. The van der Waals surface area contributed by atoms with E-state index in [1.807, 2.05) is 13.8 Å². The van der Waals surface area contributed by atoms with Crippen molar-refractivity contribution in [1.82, 2.24) is 13.9 Å². The number of ether oxygens (including phenoxy) is 1. The van der Waals surface area contributed by atoms with Crippen molar-refractivity contribution in [3.8, 4) is 5.75 Å². The maximum absolute atomic E-state index is 13.1. The molecule has 1 amide bonds. The van der Waals surface area contributed by atoms with Crippen LogP contribution in [0.1, 0.15) is 43.7 Å². The highest BCUT2D eigenvalue weighted by molar-refractivity contribution is 7.89. The number of nitrogens with zero attached hydrogens (tertiary/aromatic N) is 2. The molecule has 2 fully saturated rings. The van der Waals surface area contributed by atoms with Gasteiger partial charge in [0, 0.05) is 38.6 Å². The Hall–Kier alpha value is -2.47. The van der Waals surface area contributed by atoms with Gasteiger partial charge in [-0.2, -0.15) is 8.61 Å². The van der Waals surface area contributed by atoms with E-state index < -0.39 is 20.0 Å². The van der Waals surface area contributed by atoms with E-state index in [1.54, 1.807) is 42.5 Å². The fraction of sp³-hybridized carbons (Fsp3) is 0.519. The molecule has 0 aromatic heterocycles. The number of rotatable bonds is 10. The van der Waals surface area contributed by atoms with Crippen molar-refractivity contribution >= 4 is 26.0 Å². The minimum Gasteiger partial charge on any atom is -0.494 e. The highest BCUT2D eigenvalue weighted by Crippen LogP contribution is 2.27. The van der Waals surface area contributed by atoms with Gasteiger partial charge in [0.2, 0.25) is 26.0 Å². The van der Waals surface area contributed by atoms with Crippen LogP contribution in [0.2, 0.25) is 0 Å². The Morgan fingerprint density at radius 2 is 1.47 bits per heavy atom. The molecule has 0 unspecified atom stereocenters. The average molecular weight is 564 g/mol. The second kappa shape index (κ2) is 12.1. The van der Waals surface area contributed by atoms with Crippen molar-refractivity contribution < 1.29 is 26.4 Å². The molecule has 208 valence electrons. The van der Waals surface area contributed by atoms with Crippen LogP contribution in [0.3, 0.4) is 0 Å². The van der Waals surface area contributed by atoms with Gasteiger partial charge in [-0.25, -0.2) is 16.8 Å². The number of sulfonamides is 2. The van der Waals surface area contributed by atoms with Crippen molar-refractivity contribution in [3.63, 3.8) is 0 Å². The van der Waals surface area contributed by atoms with Gasteiger partial charge in [-0.05, 0) is 87.4 Å². The molecule has 2 aliphatic rings. The molecule has 2 saturated heterocycles. The van der Waals surface area contributed by atoms with Crippen LogP contribution >= 0.6 is 0 Å². The summed E-state index contributed by atoms with van der Waals surface area (Å²) in [6.07, 6.45) is 3.30. The van der Waals surface area contributed by atoms with E-state index in [0.717, 1.165) is 24.0 Å². The second-order valence-electron chi connectivity index (χ2n) is 9.83. The van der Waals surface area contributed by atoms with Gasteiger partial charge < -0.3 is 10.1 Å². The molecule has 4 rings (SSSR count). The molecule has 0 radical (unpaired) electrons. The van der Waals surface area contributed by atoms with Crippen molar-refractivity contribution in [3.05, 3.63) is 53.6 Å². The third-order valence-electron chi connectivity index (χ3n) is 7.25. The van der Waals surface area contributed by atoms with Gasteiger partial charge in [-0.1, -0.05) is 12.1 Å². The molecule has 9 nitrogen and oxygen atoms in total. The third kappa shape index (κ3) is 6.39. The van der Waals surface area contributed by atoms with E-state index in [2.05, 4.69) is 5.32 Å². The van der Waals surface area contributed by atoms with E-state index in [1.165, 1.54) is 8.61 Å². The Balaban J connectivity index is 1.24. The smallest absolute Gasteiger partial charge is 0.243 e. The Labute approximate surface area is 226 Å². The number of hydrogen-bond acceptors (Lipinski definition) is 6. The molecule has 0 atom stereocenters. The summed E-state index contributed by atoms with van der Waals surface area (Å²) < 4.78 is 60.1. The number of amides is 1. The zero-order valence-electron chi connectivity index (χ0n) is 22.1. The first-order chi connectivity index (χ1) is 18.1. The maximum atomic E-state index is 13.1. The highest BCUT2D eigenvalue weighted by atomic mass is 32.2. The number of piperidine rings is 1. The van der Waals surface area contributed by atoms with Crippen LogP contribution in [0.15, 0.2) is 52.3 Å². The zero-order chi connectivity index (χ0) is 27.3. The van der Waals surface area contributed by atoms with Crippen LogP contribution in [0.4, 0.5) is 0 Å². The summed E-state index contributed by atoms with van der Waals surface area (Å²) in [7, 11) is -7.07. The third-order valence-corrected chi connectivity index (χ3v) is 11.1. The lowest BCUT2D eigenvalue weighted by Gasteiger charge is -2.30. The predicted molar refractivity (Wildman–Crippen MR) is 145 cm³/mol. The van der Waals surface area contributed by atoms with Gasteiger partial charge in [0.05, 0.1) is 16.4 Å². The lowest BCUT2D eigenvalue weighted by Crippen LogP contribution is -2.43. The second-order valence-corrected chi connectivity index (χ2v) is 13.7. The monoisotopic (exact) mass is 563 g/mol. The van der Waals surface area contributed by atoms with Crippen LogP contribution in [0, 0.1) is 12.8 Å². The van der Waals surface area contributed by atoms with E-state index >= 15 is 0 Å². The molecule has 2 aromatic carbocycles. The van der Waals surface area contributed by atoms with Crippen molar-refractivity contribution in [1.29, 1.82) is 0 Å². The van der Waals surface area contributed by atoms with Gasteiger partial charge in [-0.3, -0.25) is 4.79 Å². The molecule has 2 aliphatic heterocycles. The Morgan fingerprint density at radius 1 is 0.895 bits per heavy atom. The quantitative estimate of drug-likeness (QED) is 0.476. The van der Waals surface area contributed by atoms with E-state index in [4.69, 9.17) is 4.74 Å². The predicted octanol–water partition coefficient (Wildman–Crippen LogP) is 2.94. The number of carbonyl (C=O) groups excluding carboxylic acids is 1. The first kappa shape index (κ1) is 28.5. The Bertz CT molecular complexity index is 1330. The van der Waals surface area contributed by atoms with Gasteiger partial charge in [0.1, 0.15) is 5.75 Å². The molecule has 1 N–H and O–H groups in total. The molecule has 0 aliphatic carbocycles. The summed E-state index contributed by atoms with van der Waals surface area (Å²) in [5.74, 6) is 0.355. The fourth-order valence-corrected chi connectivity index (χ4v) is 8.06. The number of carbonyl (C=O) groups is 1. The van der Waals surface area contributed by atoms with Crippen molar-refractivity contribution in [2.45, 2.75) is 55.7 Å². The summed E-state index contributed by atoms with van der Waals surface area (Å²) in [5, 5.41) is 2.95. The molecule has 0 bridgehead atoms. The largest absolute Gasteiger partial charge is 0.494 e. The summed E-state index contributed by atoms with van der Waals surface area (Å²) in [4.78, 5) is 13.3. The summed E-state index contributed by atoms with van der Waals surface area (Å²) >= 11 is 0. The molecular weight excluding hydrogens is 526 g/mol. The Kier molecular flexibility index (Phi) is 9.12. The highest BCUT2D eigenvalue weighted by Gasteiger charge is 2.32. The topological polar surface area (TPSA) is 113 Å². The number of nitrogens with one attached hydrogen (secondary N) is 1. The fourth-order valence-electron chi connectivity index (χ4n) is 4.99. The van der Waals surface area contributed by atoms with Gasteiger partial charge in [0.15, 0.2) is 0 Å². The number of hydrogen-bond donors (Lipinski definition) is 1. The van der Waals surface area contributed by atoms with Crippen LogP contribution < -0.4 is 10.1 Å². The molecule has 0 saturated carbocycles. The standard InChI is InChI=1S/C27H37N3O6S2/c1-3-36-26-11-10-25(20-21(26)2)38(34,35)30-18-13-23(14-19-30)27(31)28-15-12-22-6-8-24(9-7-22)37(32,33)29-16-4-5-17-29/h6-11,20,23H,3-5,12-19H2,1-2H3,(H,28,31). The SMILES string of the molecule is CCOc1ccc(S(=O)(=O)N2CCC(C(=O)NCCc3ccc(S(=O)(=O)N4CCCC4)cc3)CC2)cc1C. The van der Waals surface area contributed by atoms with Crippen LogP contribution in [0.5, 0.6) is 5.75 Å². The first-order valence-corrected chi connectivity index (χ1v) is 16.1. The van der Waals surface area contributed by atoms with Gasteiger partial charge in [0.25, 0.3) is 0 Å². The van der Waals surface area contributed by atoms with Gasteiger partial charge >= 0.3 is 0 Å². The van der Waals surface area contributed by atoms with Gasteiger partial charge in [-0.15, -0.1) is 0 Å². The molecule has 2 heterocycles. The van der Waals surface area contributed by atoms with E-state index in [-0.39, 0.29) is 16.7 Å². The van der Waals surface area contributed by atoms with Crippen LogP contribution in [0.25, 0.3) is 0 Å². The summed E-state index contributed by atoms with van der Waals surface area (Å²) in [5.41, 5.74) is 1.71. The van der Waals surface area contributed by atoms with Crippen molar-refractivity contribution in [2.75, 3.05) is 39.3 Å². The van der Waals surface area contributed by atoms with Crippen LogP contribution in [-0.2, 0) is 31.3 Å². The average Bonchev–Trinajstić information content (AvgIpc) is 3.46. The summed E-state index contributed by atoms with van der Waals surface area (Å²) in [6, 6.07) is 11.7. The molecule has 2 aromatic rings. The zero-order valence-corrected chi connectivity index (χ0v) is 23.7. The summed E-state index contributed by atoms with van der Waals surface area (Å²) in [6.45, 7) is 6.38. The number of aryl methyl sites for hydroxylation is 1. The molecule has 11 heteroatoms. The minimum atomic E-state index is -3.64. The molecule has 0 spiro atoms. The lowest BCUT2D eigenvalue weighted by molar-refractivity contribution is -0.126. The normalized spacial score (nSPS) is 17.9. The lowest BCUT2D eigenvalue weighted by atomic mass is 9.97. The van der Waals surface area contributed by atoms with E-state index in [9.17, 15) is 21.6 Å². The Morgan fingerprint density at radius 3 is 2.08 bits per heavy atom. The van der Waals surface area contributed by atoms with Crippen molar-refractivity contribution in [2.24, 2.45) is 5.92 Å². The van der Waals surface area contributed by atoms with E-state index in [0.29, 0.717) is 69.2 Å². The van der Waals surface area contributed by atoms with Crippen LogP contribution in [-0.4, -0.2) is 70.7 Å². The maximum Gasteiger partial charge on any atom is 0.243 e. The number of benzene rings is 2. The minimum absolute atomic E-state index is 0.0767. The molecule has 38 heavy (non-hydrogen) atoms. The molecular formula is C27H37N3O6S2.